The monoisotopic (exact) mass is 521 g/mol. The van der Waals surface area contributed by atoms with E-state index in [1.807, 2.05) is 30.3 Å². The number of fused-ring (bicyclic) bond motifs is 1. The van der Waals surface area contributed by atoms with Crippen molar-refractivity contribution >= 4 is 27.6 Å². The molecule has 1 aliphatic heterocycles. The minimum atomic E-state index is -4.13. The van der Waals surface area contributed by atoms with E-state index >= 15 is 0 Å². The highest BCUT2D eigenvalue weighted by Crippen LogP contribution is 2.48. The van der Waals surface area contributed by atoms with Crippen molar-refractivity contribution in [3.8, 4) is 11.5 Å². The molecule has 2 N–H and O–H groups in total. The summed E-state index contributed by atoms with van der Waals surface area (Å²) in [5.41, 5.74) is 0.813. The van der Waals surface area contributed by atoms with Crippen molar-refractivity contribution < 1.29 is 27.5 Å². The van der Waals surface area contributed by atoms with Crippen LogP contribution in [0.1, 0.15) is 17.5 Å². The van der Waals surface area contributed by atoms with Crippen molar-refractivity contribution in [2.45, 2.75) is 30.2 Å². The van der Waals surface area contributed by atoms with Gasteiger partial charge in [0.25, 0.3) is 15.9 Å². The lowest BCUT2D eigenvalue weighted by Gasteiger charge is -2.26. The predicted molar refractivity (Wildman–Crippen MR) is 137 cm³/mol. The van der Waals surface area contributed by atoms with Gasteiger partial charge < -0.3 is 19.7 Å². The van der Waals surface area contributed by atoms with Crippen LogP contribution in [0, 0.1) is 12.8 Å². The lowest BCUT2D eigenvalue weighted by Crippen LogP contribution is -2.54. The molecule has 1 unspecified atom stereocenters. The number of ether oxygens (including phenoxy) is 2. The summed E-state index contributed by atoms with van der Waals surface area (Å²) in [6.07, 6.45) is 0.917. The number of nitrogens with zero attached hydrogens (tertiary/aromatic N) is 1. The second-order valence-corrected chi connectivity index (χ2v) is 10.9. The lowest BCUT2D eigenvalue weighted by atomic mass is 10.0. The maximum absolute atomic E-state index is 13.8. The Hall–Kier alpha value is -4.05. The SMILES string of the molecule is Cc1ccccc1S(=O)(=O)NC(=O)NC1(C(=O)N(C)c2ccc3c(c2)OCO3)C[C@@H]1Cc1ccccc1. The molecule has 37 heavy (non-hydrogen) atoms. The summed E-state index contributed by atoms with van der Waals surface area (Å²) in [5.74, 6) is 0.547. The van der Waals surface area contributed by atoms with Gasteiger partial charge in [-0.3, -0.25) is 4.79 Å². The normalized spacial score (nSPS) is 19.7. The molecule has 0 aromatic heterocycles. The first kappa shape index (κ1) is 24.6. The quantitative estimate of drug-likeness (QED) is 0.493. The average Bonchev–Trinajstić information content (AvgIpc) is 3.33. The number of carbonyl (C=O) groups excluding carboxylic acids is 2. The minimum Gasteiger partial charge on any atom is -0.454 e. The van der Waals surface area contributed by atoms with E-state index in [9.17, 15) is 18.0 Å². The van der Waals surface area contributed by atoms with Crippen molar-refractivity contribution in [1.82, 2.24) is 10.0 Å². The number of carbonyl (C=O) groups is 2. The minimum absolute atomic E-state index is 0.000336. The highest BCUT2D eigenvalue weighted by atomic mass is 32.2. The van der Waals surface area contributed by atoms with Crippen LogP contribution in [0.2, 0.25) is 0 Å². The van der Waals surface area contributed by atoms with Gasteiger partial charge in [0, 0.05) is 18.8 Å². The largest absolute Gasteiger partial charge is 0.454 e. The molecule has 5 rings (SSSR count). The van der Waals surface area contributed by atoms with Gasteiger partial charge in [0.05, 0.1) is 4.90 Å². The van der Waals surface area contributed by atoms with Crippen molar-refractivity contribution in [1.29, 1.82) is 0 Å². The van der Waals surface area contributed by atoms with E-state index in [1.54, 1.807) is 50.4 Å². The molecule has 0 saturated heterocycles. The molecule has 192 valence electrons. The third kappa shape index (κ3) is 4.84. The second kappa shape index (κ2) is 9.44. The van der Waals surface area contributed by atoms with Crippen molar-refractivity contribution in [3.05, 3.63) is 83.9 Å². The van der Waals surface area contributed by atoms with Crippen LogP contribution in [0.25, 0.3) is 0 Å². The van der Waals surface area contributed by atoms with Crippen LogP contribution in [0.4, 0.5) is 10.5 Å². The summed E-state index contributed by atoms with van der Waals surface area (Å²) < 4.78 is 38.6. The summed E-state index contributed by atoms with van der Waals surface area (Å²) in [6.45, 7) is 1.76. The number of aryl methyl sites for hydroxylation is 1. The topological polar surface area (TPSA) is 114 Å². The number of nitrogens with one attached hydrogen (secondary N) is 2. The summed E-state index contributed by atoms with van der Waals surface area (Å²) >= 11 is 0. The fourth-order valence-corrected chi connectivity index (χ4v) is 5.87. The molecule has 3 amide bonds. The fraction of sp³-hybridized carbons (Fsp3) is 0.259. The Kier molecular flexibility index (Phi) is 6.28. The Labute approximate surface area is 215 Å². The van der Waals surface area contributed by atoms with Gasteiger partial charge in [-0.15, -0.1) is 0 Å². The van der Waals surface area contributed by atoms with E-state index < -0.39 is 21.6 Å². The number of benzene rings is 3. The van der Waals surface area contributed by atoms with E-state index in [1.165, 1.54) is 11.0 Å². The summed E-state index contributed by atoms with van der Waals surface area (Å²) in [6, 6.07) is 20.2. The zero-order valence-electron chi connectivity index (χ0n) is 20.4. The molecule has 1 aliphatic carbocycles. The number of hydrogen-bond acceptors (Lipinski definition) is 6. The van der Waals surface area contributed by atoms with E-state index in [0.29, 0.717) is 35.6 Å². The Morgan fingerprint density at radius 1 is 1.00 bits per heavy atom. The molecular weight excluding hydrogens is 494 g/mol. The molecule has 0 bridgehead atoms. The molecular formula is C27H27N3O6S. The fourth-order valence-electron chi connectivity index (χ4n) is 4.72. The smallest absolute Gasteiger partial charge is 0.329 e. The molecule has 3 aromatic rings. The standard InChI is InChI=1S/C27H27N3O6S/c1-18-8-6-7-11-24(18)37(33,34)29-26(32)28-27(16-20(27)14-19-9-4-3-5-10-19)25(31)30(2)21-12-13-22-23(15-21)36-17-35-22/h3-13,15,20H,14,16-17H2,1-2H3,(H2,28,29,32)/t20-,27?/m0/s1. The molecule has 1 fully saturated rings. The van der Waals surface area contributed by atoms with E-state index in [-0.39, 0.29) is 23.5 Å². The van der Waals surface area contributed by atoms with Crippen LogP contribution in [0.5, 0.6) is 11.5 Å². The maximum Gasteiger partial charge on any atom is 0.329 e. The summed E-state index contributed by atoms with van der Waals surface area (Å²) in [5, 5.41) is 2.71. The van der Waals surface area contributed by atoms with E-state index in [2.05, 4.69) is 10.0 Å². The number of sulfonamides is 1. The first-order chi connectivity index (χ1) is 17.7. The molecule has 0 spiro atoms. The third-order valence-electron chi connectivity index (χ3n) is 6.81. The van der Waals surface area contributed by atoms with Gasteiger partial charge in [-0.1, -0.05) is 48.5 Å². The number of urea groups is 1. The van der Waals surface area contributed by atoms with Crippen LogP contribution in [-0.4, -0.2) is 39.7 Å². The molecule has 0 radical (unpaired) electrons. The summed E-state index contributed by atoms with van der Waals surface area (Å²) in [7, 11) is -2.52. The van der Waals surface area contributed by atoms with E-state index in [0.717, 1.165) is 5.56 Å². The third-order valence-corrected chi connectivity index (χ3v) is 8.30. The van der Waals surface area contributed by atoms with Crippen LogP contribution < -0.4 is 24.4 Å². The zero-order valence-corrected chi connectivity index (χ0v) is 21.2. The Bertz CT molecular complexity index is 1460. The molecule has 1 heterocycles. The predicted octanol–water partition coefficient (Wildman–Crippen LogP) is 3.38. The lowest BCUT2D eigenvalue weighted by molar-refractivity contribution is -0.121. The van der Waals surface area contributed by atoms with Crippen LogP contribution in [0.3, 0.4) is 0 Å². The molecule has 3 aromatic carbocycles. The van der Waals surface area contributed by atoms with Crippen LogP contribution in [0.15, 0.2) is 77.7 Å². The number of amides is 3. The van der Waals surface area contributed by atoms with Gasteiger partial charge in [-0.2, -0.15) is 0 Å². The van der Waals surface area contributed by atoms with Gasteiger partial charge in [-0.05, 0) is 55.0 Å². The number of likely N-dealkylation sites (N-methyl/N-ethyl adjacent to an activating group) is 1. The van der Waals surface area contributed by atoms with Gasteiger partial charge in [0.15, 0.2) is 11.5 Å². The second-order valence-electron chi connectivity index (χ2n) is 9.29. The zero-order chi connectivity index (χ0) is 26.2. The van der Waals surface area contributed by atoms with Crippen molar-refractivity contribution in [3.63, 3.8) is 0 Å². The molecule has 2 aliphatic rings. The Morgan fingerprint density at radius 2 is 1.70 bits per heavy atom. The average molecular weight is 522 g/mol. The van der Waals surface area contributed by atoms with Crippen LogP contribution >= 0.6 is 0 Å². The first-order valence-corrected chi connectivity index (χ1v) is 13.3. The van der Waals surface area contributed by atoms with Crippen molar-refractivity contribution in [2.75, 3.05) is 18.7 Å². The number of anilines is 1. The molecule has 9 nitrogen and oxygen atoms in total. The first-order valence-electron chi connectivity index (χ1n) is 11.8. The molecule has 2 atom stereocenters. The highest BCUT2D eigenvalue weighted by molar-refractivity contribution is 7.90. The summed E-state index contributed by atoms with van der Waals surface area (Å²) in [4.78, 5) is 28.3. The van der Waals surface area contributed by atoms with Gasteiger partial charge >= 0.3 is 6.03 Å². The maximum atomic E-state index is 13.8. The van der Waals surface area contributed by atoms with Gasteiger partial charge in [0.2, 0.25) is 6.79 Å². The van der Waals surface area contributed by atoms with Gasteiger partial charge in [0.1, 0.15) is 5.54 Å². The Balaban J connectivity index is 1.39. The molecule has 10 heteroatoms. The Morgan fingerprint density at radius 3 is 2.46 bits per heavy atom. The number of hydrogen-bond donors (Lipinski definition) is 2. The van der Waals surface area contributed by atoms with E-state index in [4.69, 9.17) is 9.47 Å². The molecule has 1 saturated carbocycles. The highest BCUT2D eigenvalue weighted by Gasteiger charge is 2.62. The number of rotatable bonds is 7. The van der Waals surface area contributed by atoms with Crippen LogP contribution in [-0.2, 0) is 21.2 Å². The van der Waals surface area contributed by atoms with Gasteiger partial charge in [-0.25, -0.2) is 17.9 Å². The van der Waals surface area contributed by atoms with Crippen molar-refractivity contribution in [2.24, 2.45) is 5.92 Å².